The molecule has 0 aliphatic carbocycles. The first kappa shape index (κ1) is 19.9. The number of thioether (sulfide) groups is 1. The number of rotatable bonds is 6. The van der Waals surface area contributed by atoms with E-state index in [0.29, 0.717) is 18.1 Å². The maximum atomic E-state index is 12.6. The van der Waals surface area contributed by atoms with Gasteiger partial charge in [-0.3, -0.25) is 4.79 Å². The fraction of sp³-hybridized carbons (Fsp3) is 0.400. The zero-order valence-corrected chi connectivity index (χ0v) is 17.9. The lowest BCUT2D eigenvalue weighted by Crippen LogP contribution is -2.36. The number of aromatic nitrogens is 3. The van der Waals surface area contributed by atoms with E-state index in [1.165, 1.54) is 0 Å². The summed E-state index contributed by atoms with van der Waals surface area (Å²) in [4.78, 5) is 17.9. The van der Waals surface area contributed by atoms with Gasteiger partial charge < -0.3 is 14.3 Å². The summed E-state index contributed by atoms with van der Waals surface area (Å²) in [7, 11) is 0. The van der Waals surface area contributed by atoms with Crippen LogP contribution in [0.25, 0.3) is 10.6 Å². The number of thiophene rings is 1. The minimum atomic E-state index is 0.175. The molecule has 29 heavy (non-hydrogen) atoms. The second kappa shape index (κ2) is 9.41. The molecule has 0 aromatic carbocycles. The molecule has 3 aromatic heterocycles. The van der Waals surface area contributed by atoms with Gasteiger partial charge in [-0.05, 0) is 36.9 Å². The van der Waals surface area contributed by atoms with Gasteiger partial charge in [-0.25, -0.2) is 0 Å². The molecular weight excluding hydrogens is 406 g/mol. The number of carbonyl (C=O) groups is 1. The highest BCUT2D eigenvalue weighted by molar-refractivity contribution is 7.99. The molecule has 1 fully saturated rings. The molecular formula is C20H23N5O2S2. The van der Waals surface area contributed by atoms with Crippen molar-refractivity contribution in [2.75, 3.05) is 36.8 Å². The van der Waals surface area contributed by atoms with E-state index >= 15 is 0 Å². The largest absolute Gasteiger partial charge is 0.355 e. The van der Waals surface area contributed by atoms with E-state index in [2.05, 4.69) is 20.3 Å². The van der Waals surface area contributed by atoms with Gasteiger partial charge in [0.25, 0.3) is 0 Å². The van der Waals surface area contributed by atoms with Gasteiger partial charge >= 0.3 is 0 Å². The summed E-state index contributed by atoms with van der Waals surface area (Å²) in [6.07, 6.45) is 0.930. The number of anilines is 1. The van der Waals surface area contributed by atoms with E-state index in [4.69, 9.17) is 4.52 Å². The number of carbonyl (C=O) groups excluding carboxylic acids is 1. The smallest absolute Gasteiger partial charge is 0.232 e. The second-order valence-electron chi connectivity index (χ2n) is 6.91. The number of nitrogens with zero attached hydrogens (tertiary/aromatic N) is 5. The molecule has 4 heterocycles. The highest BCUT2D eigenvalue weighted by Crippen LogP contribution is 2.26. The maximum Gasteiger partial charge on any atom is 0.232 e. The Hall–Kier alpha value is -2.39. The molecule has 0 unspecified atom stereocenters. The van der Waals surface area contributed by atoms with Gasteiger partial charge in [0.05, 0.1) is 22.0 Å². The van der Waals surface area contributed by atoms with Crippen LogP contribution < -0.4 is 4.90 Å². The molecule has 0 bridgehead atoms. The first-order valence-electron chi connectivity index (χ1n) is 9.59. The van der Waals surface area contributed by atoms with Crippen LogP contribution in [-0.4, -0.2) is 58.1 Å². The Labute approximate surface area is 178 Å². The van der Waals surface area contributed by atoms with Crippen molar-refractivity contribution < 1.29 is 9.32 Å². The fourth-order valence-corrected chi connectivity index (χ4v) is 4.68. The van der Waals surface area contributed by atoms with Crippen LogP contribution in [0.5, 0.6) is 0 Å². The SMILES string of the molecule is Cc1ccc(N2CCCN(C(=O)CSCc3cc(-c4cccs4)on3)CC2)nn1. The average molecular weight is 430 g/mol. The van der Waals surface area contributed by atoms with E-state index in [1.54, 1.807) is 23.1 Å². The first-order chi connectivity index (χ1) is 14.2. The van der Waals surface area contributed by atoms with Crippen LogP contribution in [0.2, 0.25) is 0 Å². The third-order valence-electron chi connectivity index (χ3n) is 4.75. The molecule has 3 aromatic rings. The Bertz CT molecular complexity index is 927. The molecule has 1 aliphatic rings. The second-order valence-corrected chi connectivity index (χ2v) is 8.84. The third kappa shape index (κ3) is 5.16. The summed E-state index contributed by atoms with van der Waals surface area (Å²) in [5, 5.41) is 14.5. The van der Waals surface area contributed by atoms with Crippen molar-refractivity contribution in [1.82, 2.24) is 20.3 Å². The Balaban J connectivity index is 1.24. The predicted molar refractivity (Wildman–Crippen MR) is 116 cm³/mol. The van der Waals surface area contributed by atoms with Crippen molar-refractivity contribution in [3.05, 3.63) is 47.1 Å². The molecule has 7 nitrogen and oxygen atoms in total. The molecule has 4 rings (SSSR count). The molecule has 0 radical (unpaired) electrons. The van der Waals surface area contributed by atoms with Crippen LogP contribution in [0.4, 0.5) is 5.82 Å². The van der Waals surface area contributed by atoms with Gasteiger partial charge in [0.15, 0.2) is 11.6 Å². The molecule has 1 amide bonds. The van der Waals surface area contributed by atoms with Crippen molar-refractivity contribution in [2.24, 2.45) is 0 Å². The highest BCUT2D eigenvalue weighted by Gasteiger charge is 2.20. The van der Waals surface area contributed by atoms with E-state index in [0.717, 1.165) is 53.9 Å². The van der Waals surface area contributed by atoms with Crippen molar-refractivity contribution in [3.8, 4) is 10.6 Å². The van der Waals surface area contributed by atoms with Crippen LogP contribution in [0, 0.1) is 6.92 Å². The topological polar surface area (TPSA) is 75.4 Å². The van der Waals surface area contributed by atoms with E-state index in [9.17, 15) is 4.79 Å². The van der Waals surface area contributed by atoms with Crippen LogP contribution >= 0.6 is 23.1 Å². The summed E-state index contributed by atoms with van der Waals surface area (Å²) in [5.74, 6) is 2.96. The van der Waals surface area contributed by atoms with Crippen LogP contribution in [0.15, 0.2) is 40.2 Å². The van der Waals surface area contributed by atoms with Gasteiger partial charge in [0, 0.05) is 38.0 Å². The lowest BCUT2D eigenvalue weighted by Gasteiger charge is -2.22. The minimum Gasteiger partial charge on any atom is -0.355 e. The van der Waals surface area contributed by atoms with Gasteiger partial charge in [-0.2, -0.15) is 5.10 Å². The molecule has 0 spiro atoms. The molecule has 0 saturated carbocycles. The number of hydrogen-bond donors (Lipinski definition) is 0. The molecule has 1 saturated heterocycles. The van der Waals surface area contributed by atoms with Crippen molar-refractivity contribution in [2.45, 2.75) is 19.1 Å². The number of amides is 1. The van der Waals surface area contributed by atoms with Crippen LogP contribution in [0.1, 0.15) is 17.8 Å². The number of hydrogen-bond acceptors (Lipinski definition) is 8. The summed E-state index contributed by atoms with van der Waals surface area (Å²) >= 11 is 3.20. The average Bonchev–Trinajstić information content (AvgIpc) is 3.36. The summed E-state index contributed by atoms with van der Waals surface area (Å²) in [5.41, 5.74) is 1.78. The Morgan fingerprint density at radius 3 is 2.93 bits per heavy atom. The normalized spacial score (nSPS) is 14.8. The fourth-order valence-electron chi connectivity index (χ4n) is 3.21. The summed E-state index contributed by atoms with van der Waals surface area (Å²) in [6.45, 7) is 5.09. The van der Waals surface area contributed by atoms with Crippen molar-refractivity contribution in [1.29, 1.82) is 0 Å². The standard InChI is InChI=1S/C20H23N5O2S2/c1-15-5-6-19(22-21-15)24-7-3-8-25(10-9-24)20(26)14-28-13-16-12-17(27-23-16)18-4-2-11-29-18/h2,4-6,11-12H,3,7-10,13-14H2,1H3. The first-order valence-corrected chi connectivity index (χ1v) is 11.6. The molecule has 0 N–H and O–H groups in total. The molecule has 1 aliphatic heterocycles. The monoisotopic (exact) mass is 429 g/mol. The Morgan fingerprint density at radius 2 is 2.14 bits per heavy atom. The Morgan fingerprint density at radius 1 is 1.21 bits per heavy atom. The molecule has 0 atom stereocenters. The van der Waals surface area contributed by atoms with Crippen LogP contribution in [-0.2, 0) is 10.5 Å². The van der Waals surface area contributed by atoms with Gasteiger partial charge in [-0.1, -0.05) is 11.2 Å². The highest BCUT2D eigenvalue weighted by atomic mass is 32.2. The zero-order valence-electron chi connectivity index (χ0n) is 16.3. The van der Waals surface area contributed by atoms with Gasteiger partial charge in [-0.15, -0.1) is 28.2 Å². The molecule has 9 heteroatoms. The lowest BCUT2D eigenvalue weighted by atomic mass is 10.3. The van der Waals surface area contributed by atoms with E-state index < -0.39 is 0 Å². The van der Waals surface area contributed by atoms with E-state index in [-0.39, 0.29) is 5.91 Å². The van der Waals surface area contributed by atoms with E-state index in [1.807, 2.05) is 47.5 Å². The van der Waals surface area contributed by atoms with Crippen LogP contribution in [0.3, 0.4) is 0 Å². The van der Waals surface area contributed by atoms with Crippen molar-refractivity contribution >= 4 is 34.8 Å². The van der Waals surface area contributed by atoms with Gasteiger partial charge in [0.2, 0.25) is 5.91 Å². The Kier molecular flexibility index (Phi) is 6.46. The zero-order chi connectivity index (χ0) is 20.1. The van der Waals surface area contributed by atoms with Gasteiger partial charge in [0.1, 0.15) is 0 Å². The number of aryl methyl sites for hydroxylation is 1. The summed E-state index contributed by atoms with van der Waals surface area (Å²) in [6, 6.07) is 9.92. The maximum absolute atomic E-state index is 12.6. The van der Waals surface area contributed by atoms with Crippen molar-refractivity contribution in [3.63, 3.8) is 0 Å². The predicted octanol–water partition coefficient (Wildman–Crippen LogP) is 3.47. The summed E-state index contributed by atoms with van der Waals surface area (Å²) < 4.78 is 5.40. The quantitative estimate of drug-likeness (QED) is 0.594. The minimum absolute atomic E-state index is 0.175. The molecule has 152 valence electrons. The third-order valence-corrected chi connectivity index (χ3v) is 6.59. The lowest BCUT2D eigenvalue weighted by molar-refractivity contribution is -0.128.